The Kier molecular flexibility index (Phi) is 6.02. The third kappa shape index (κ3) is 4.10. The number of carboxylic acid groups (broad SMARTS) is 1. The topological polar surface area (TPSA) is 76.1 Å². The minimum Gasteiger partial charge on any atom is -0.497 e. The third-order valence-electron chi connectivity index (χ3n) is 3.00. The first-order valence-corrected chi connectivity index (χ1v) is 7.00. The van der Waals surface area contributed by atoms with Crippen LogP contribution in [0, 0.1) is 5.92 Å². The van der Waals surface area contributed by atoms with Crippen molar-refractivity contribution in [3.05, 3.63) is 22.2 Å². The van der Waals surface area contributed by atoms with Crippen molar-refractivity contribution in [2.24, 2.45) is 5.92 Å². The van der Waals surface area contributed by atoms with Crippen LogP contribution in [0.4, 0.5) is 0 Å². The van der Waals surface area contributed by atoms with E-state index in [-0.39, 0.29) is 12.5 Å². The van der Waals surface area contributed by atoms with Crippen LogP contribution < -0.4 is 9.47 Å². The second-order valence-electron chi connectivity index (χ2n) is 4.61. The van der Waals surface area contributed by atoms with Gasteiger partial charge in [0.1, 0.15) is 11.5 Å². The molecule has 1 aromatic carbocycles. The van der Waals surface area contributed by atoms with Gasteiger partial charge in [-0.1, -0.05) is 6.92 Å². The van der Waals surface area contributed by atoms with E-state index >= 15 is 0 Å². The molecular weight excluding hydrogens is 342 g/mol. The fourth-order valence-electron chi connectivity index (χ4n) is 1.83. The Labute approximate surface area is 131 Å². The molecule has 0 aromatic heterocycles. The lowest BCUT2D eigenvalue weighted by atomic mass is 10.1. The summed E-state index contributed by atoms with van der Waals surface area (Å²) in [7, 11) is 4.51. The Bertz CT molecular complexity index is 546. The van der Waals surface area contributed by atoms with Crippen LogP contribution in [-0.4, -0.2) is 49.7 Å². The molecule has 0 aliphatic heterocycles. The minimum atomic E-state index is -0.951. The number of carbonyl (C=O) groups is 2. The van der Waals surface area contributed by atoms with Crippen LogP contribution >= 0.6 is 15.9 Å². The van der Waals surface area contributed by atoms with Crippen LogP contribution in [0.5, 0.6) is 11.5 Å². The van der Waals surface area contributed by atoms with Crippen molar-refractivity contribution in [2.45, 2.75) is 6.92 Å². The first-order valence-electron chi connectivity index (χ1n) is 6.21. The summed E-state index contributed by atoms with van der Waals surface area (Å²) in [6.07, 6.45) is 0. The van der Waals surface area contributed by atoms with Gasteiger partial charge >= 0.3 is 5.97 Å². The van der Waals surface area contributed by atoms with Gasteiger partial charge in [0.25, 0.3) is 5.91 Å². The van der Waals surface area contributed by atoms with E-state index in [0.29, 0.717) is 21.5 Å². The molecule has 1 aromatic rings. The normalized spacial score (nSPS) is 11.7. The lowest BCUT2D eigenvalue weighted by Gasteiger charge is -2.21. The van der Waals surface area contributed by atoms with Crippen molar-refractivity contribution in [3.8, 4) is 11.5 Å². The Morgan fingerprint density at radius 1 is 1.33 bits per heavy atom. The molecule has 0 fully saturated rings. The summed E-state index contributed by atoms with van der Waals surface area (Å²) in [4.78, 5) is 24.7. The van der Waals surface area contributed by atoms with Gasteiger partial charge in [0.05, 0.1) is 30.2 Å². The van der Waals surface area contributed by atoms with Crippen molar-refractivity contribution in [3.63, 3.8) is 0 Å². The maximum atomic E-state index is 12.5. The van der Waals surface area contributed by atoms with E-state index in [1.807, 2.05) is 0 Å². The first kappa shape index (κ1) is 17.3. The number of aliphatic carboxylic acids is 1. The average molecular weight is 360 g/mol. The number of amides is 1. The molecule has 1 rings (SSSR count). The lowest BCUT2D eigenvalue weighted by molar-refractivity contribution is -0.141. The second kappa shape index (κ2) is 7.31. The highest BCUT2D eigenvalue weighted by Gasteiger charge is 2.23. The zero-order valence-electron chi connectivity index (χ0n) is 12.3. The molecule has 0 bridgehead atoms. The Morgan fingerprint density at radius 3 is 2.43 bits per heavy atom. The molecule has 116 valence electrons. The van der Waals surface area contributed by atoms with Gasteiger partial charge < -0.3 is 19.5 Å². The number of hydrogen-bond donors (Lipinski definition) is 1. The van der Waals surface area contributed by atoms with E-state index in [1.54, 1.807) is 26.1 Å². The zero-order valence-corrected chi connectivity index (χ0v) is 13.9. The summed E-state index contributed by atoms with van der Waals surface area (Å²) >= 11 is 3.32. The van der Waals surface area contributed by atoms with Crippen LogP contribution in [0.15, 0.2) is 16.6 Å². The fourth-order valence-corrected chi connectivity index (χ4v) is 2.43. The van der Waals surface area contributed by atoms with E-state index in [2.05, 4.69) is 15.9 Å². The molecule has 1 N–H and O–H groups in total. The molecule has 0 spiro atoms. The number of benzene rings is 1. The highest BCUT2D eigenvalue weighted by molar-refractivity contribution is 9.10. The molecule has 0 saturated carbocycles. The Morgan fingerprint density at radius 2 is 1.95 bits per heavy atom. The molecule has 21 heavy (non-hydrogen) atoms. The number of ether oxygens (including phenoxy) is 2. The number of carbonyl (C=O) groups excluding carboxylic acids is 1. The standard InChI is InChI=1S/C14H18BrNO5/c1-8(14(18)19)7-16(2)13(17)10-5-9(20-3)6-11(15)12(10)21-4/h5-6,8H,7H2,1-4H3,(H,18,19). The fraction of sp³-hybridized carbons (Fsp3) is 0.429. The summed E-state index contributed by atoms with van der Waals surface area (Å²) in [6.45, 7) is 1.65. The van der Waals surface area contributed by atoms with Crippen molar-refractivity contribution in [1.82, 2.24) is 4.90 Å². The molecule has 7 heteroatoms. The van der Waals surface area contributed by atoms with Crippen molar-refractivity contribution >= 4 is 27.8 Å². The van der Waals surface area contributed by atoms with Gasteiger partial charge in [0.15, 0.2) is 0 Å². The number of nitrogens with zero attached hydrogens (tertiary/aromatic N) is 1. The van der Waals surface area contributed by atoms with E-state index in [4.69, 9.17) is 14.6 Å². The van der Waals surface area contributed by atoms with Gasteiger partial charge in [-0.15, -0.1) is 0 Å². The molecule has 6 nitrogen and oxygen atoms in total. The molecule has 0 heterocycles. The van der Waals surface area contributed by atoms with Gasteiger partial charge in [-0.05, 0) is 28.1 Å². The molecular formula is C14H18BrNO5. The average Bonchev–Trinajstić information content (AvgIpc) is 2.45. The highest BCUT2D eigenvalue weighted by atomic mass is 79.9. The molecule has 1 amide bonds. The highest BCUT2D eigenvalue weighted by Crippen LogP contribution is 2.34. The number of carboxylic acids is 1. The second-order valence-corrected chi connectivity index (χ2v) is 5.47. The minimum absolute atomic E-state index is 0.103. The predicted octanol–water partition coefficient (Wildman–Crippen LogP) is 2.26. The maximum Gasteiger partial charge on any atom is 0.308 e. The van der Waals surface area contributed by atoms with E-state index in [0.717, 1.165) is 0 Å². The van der Waals surface area contributed by atoms with Gasteiger partial charge in [0.2, 0.25) is 0 Å². The number of halogens is 1. The Balaban J connectivity index is 3.10. The molecule has 0 radical (unpaired) electrons. The first-order chi connectivity index (χ1) is 9.81. The predicted molar refractivity (Wildman–Crippen MR) is 81.0 cm³/mol. The van der Waals surface area contributed by atoms with Gasteiger partial charge in [-0.2, -0.15) is 0 Å². The number of rotatable bonds is 6. The lowest BCUT2D eigenvalue weighted by Crippen LogP contribution is -2.33. The molecule has 1 unspecified atom stereocenters. The third-order valence-corrected chi connectivity index (χ3v) is 3.59. The summed E-state index contributed by atoms with van der Waals surface area (Å²) in [5.41, 5.74) is 0.309. The summed E-state index contributed by atoms with van der Waals surface area (Å²) in [6, 6.07) is 3.25. The molecule has 0 saturated heterocycles. The summed E-state index contributed by atoms with van der Waals surface area (Å²) < 4.78 is 11.0. The van der Waals surface area contributed by atoms with Crippen LogP contribution in [0.3, 0.4) is 0 Å². The zero-order chi connectivity index (χ0) is 16.2. The van der Waals surface area contributed by atoms with Gasteiger partial charge in [-0.25, -0.2) is 0 Å². The number of methoxy groups -OCH3 is 2. The van der Waals surface area contributed by atoms with Crippen molar-refractivity contribution < 1.29 is 24.2 Å². The van der Waals surface area contributed by atoms with E-state index < -0.39 is 11.9 Å². The summed E-state index contributed by atoms with van der Waals surface area (Å²) in [5, 5.41) is 8.92. The molecule has 0 aliphatic rings. The largest absolute Gasteiger partial charge is 0.497 e. The van der Waals surface area contributed by atoms with Crippen LogP contribution in [0.2, 0.25) is 0 Å². The van der Waals surface area contributed by atoms with Crippen LogP contribution in [0.1, 0.15) is 17.3 Å². The van der Waals surface area contributed by atoms with Crippen LogP contribution in [0.25, 0.3) is 0 Å². The number of hydrogen-bond acceptors (Lipinski definition) is 4. The molecule has 0 aliphatic carbocycles. The van der Waals surface area contributed by atoms with E-state index in [9.17, 15) is 9.59 Å². The van der Waals surface area contributed by atoms with Gasteiger partial charge in [0, 0.05) is 13.6 Å². The van der Waals surface area contributed by atoms with Crippen LogP contribution in [-0.2, 0) is 4.79 Å². The summed E-state index contributed by atoms with van der Waals surface area (Å²) in [5.74, 6) is -1.05. The monoisotopic (exact) mass is 359 g/mol. The maximum absolute atomic E-state index is 12.5. The van der Waals surface area contributed by atoms with Crippen molar-refractivity contribution in [2.75, 3.05) is 27.8 Å². The van der Waals surface area contributed by atoms with E-state index in [1.165, 1.54) is 19.1 Å². The Hall–Kier alpha value is -1.76. The SMILES string of the molecule is COc1cc(Br)c(OC)c(C(=O)N(C)CC(C)C(=O)O)c1. The smallest absolute Gasteiger partial charge is 0.308 e. The molecule has 1 atom stereocenters. The quantitative estimate of drug-likeness (QED) is 0.842. The van der Waals surface area contributed by atoms with Crippen molar-refractivity contribution in [1.29, 1.82) is 0 Å². The van der Waals surface area contributed by atoms with Gasteiger partial charge in [-0.3, -0.25) is 9.59 Å².